The molecule has 0 aromatic carbocycles. The smallest absolute Gasteiger partial charge is 0.139 e. The maximum absolute atomic E-state index is 5.85. The first-order valence-corrected chi connectivity index (χ1v) is 6.93. The second-order valence-electron chi connectivity index (χ2n) is 5.01. The third-order valence-electron chi connectivity index (χ3n) is 2.53. The summed E-state index contributed by atoms with van der Waals surface area (Å²) in [6, 6.07) is 1.79. The van der Waals surface area contributed by atoms with Crippen molar-refractivity contribution < 1.29 is 4.74 Å². The van der Waals surface area contributed by atoms with Crippen LogP contribution in [-0.4, -0.2) is 24.2 Å². The van der Waals surface area contributed by atoms with Crippen LogP contribution in [0, 0.1) is 5.92 Å². The molecule has 1 aromatic rings. The van der Waals surface area contributed by atoms with Gasteiger partial charge >= 0.3 is 0 Å². The summed E-state index contributed by atoms with van der Waals surface area (Å²) in [7, 11) is 0. The molecule has 1 unspecified atom stereocenters. The number of pyridine rings is 1. The summed E-state index contributed by atoms with van der Waals surface area (Å²) < 4.78 is 5.75. The van der Waals surface area contributed by atoms with Crippen LogP contribution in [0.3, 0.4) is 0 Å². The van der Waals surface area contributed by atoms with Crippen LogP contribution in [0.2, 0.25) is 5.02 Å². The predicted octanol–water partition coefficient (Wildman–Crippen LogP) is 3.53. The van der Waals surface area contributed by atoms with Gasteiger partial charge in [0.1, 0.15) is 5.75 Å². The molecule has 1 N–H and O–H groups in total. The number of hydrogen-bond donors (Lipinski definition) is 1. The standard InChI is InChI=1S/C14H23ClN2O/c1-11(2)8-16-6-4-5-12(3)18-14-7-13(15)9-17-10-14/h7,9-12,16H,4-6,8H2,1-3H3. The third-order valence-corrected chi connectivity index (χ3v) is 2.74. The van der Waals surface area contributed by atoms with Crippen molar-refractivity contribution in [1.82, 2.24) is 10.3 Å². The Morgan fingerprint density at radius 1 is 1.33 bits per heavy atom. The average Bonchev–Trinajstić information content (AvgIpc) is 2.28. The molecular formula is C14H23ClN2O. The van der Waals surface area contributed by atoms with Crippen molar-refractivity contribution >= 4 is 11.6 Å². The SMILES string of the molecule is CC(C)CNCCCC(C)Oc1cncc(Cl)c1. The minimum absolute atomic E-state index is 0.186. The number of rotatable bonds is 8. The Labute approximate surface area is 115 Å². The third kappa shape index (κ3) is 6.82. The van der Waals surface area contributed by atoms with Crippen molar-refractivity contribution in [3.05, 3.63) is 23.5 Å². The quantitative estimate of drug-likeness (QED) is 0.734. The lowest BCUT2D eigenvalue weighted by molar-refractivity contribution is 0.206. The van der Waals surface area contributed by atoms with Gasteiger partial charge in [0.25, 0.3) is 0 Å². The van der Waals surface area contributed by atoms with Crippen molar-refractivity contribution in [2.24, 2.45) is 5.92 Å². The molecule has 0 aliphatic carbocycles. The van der Waals surface area contributed by atoms with E-state index in [1.165, 1.54) is 0 Å². The molecular weight excluding hydrogens is 248 g/mol. The van der Waals surface area contributed by atoms with Gasteiger partial charge in [-0.15, -0.1) is 0 Å². The van der Waals surface area contributed by atoms with E-state index in [1.807, 2.05) is 0 Å². The lowest BCUT2D eigenvalue weighted by Crippen LogP contribution is -2.22. The minimum atomic E-state index is 0.186. The fourth-order valence-electron chi connectivity index (χ4n) is 1.65. The number of nitrogens with zero attached hydrogens (tertiary/aromatic N) is 1. The van der Waals surface area contributed by atoms with Gasteiger partial charge < -0.3 is 10.1 Å². The molecule has 0 saturated carbocycles. The summed E-state index contributed by atoms with van der Waals surface area (Å²) in [5.41, 5.74) is 0. The summed E-state index contributed by atoms with van der Waals surface area (Å²) in [4.78, 5) is 4.00. The van der Waals surface area contributed by atoms with Crippen molar-refractivity contribution in [2.45, 2.75) is 39.7 Å². The van der Waals surface area contributed by atoms with Gasteiger partial charge in [0.2, 0.25) is 0 Å². The van der Waals surface area contributed by atoms with E-state index in [4.69, 9.17) is 16.3 Å². The molecule has 1 aromatic heterocycles. The second-order valence-corrected chi connectivity index (χ2v) is 5.44. The number of halogens is 1. The van der Waals surface area contributed by atoms with Crippen LogP contribution in [0.1, 0.15) is 33.6 Å². The van der Waals surface area contributed by atoms with Gasteiger partial charge in [-0.3, -0.25) is 4.98 Å². The van der Waals surface area contributed by atoms with Gasteiger partial charge in [-0.05, 0) is 38.8 Å². The molecule has 0 radical (unpaired) electrons. The Kier molecular flexibility index (Phi) is 7.06. The normalized spacial score (nSPS) is 12.7. The van der Waals surface area contributed by atoms with E-state index in [2.05, 4.69) is 31.1 Å². The molecule has 102 valence electrons. The van der Waals surface area contributed by atoms with Gasteiger partial charge in [-0.1, -0.05) is 25.4 Å². The van der Waals surface area contributed by atoms with E-state index in [9.17, 15) is 0 Å². The van der Waals surface area contributed by atoms with Crippen molar-refractivity contribution in [1.29, 1.82) is 0 Å². The van der Waals surface area contributed by atoms with Gasteiger partial charge in [-0.25, -0.2) is 0 Å². The van der Waals surface area contributed by atoms with E-state index in [0.29, 0.717) is 10.9 Å². The van der Waals surface area contributed by atoms with E-state index in [-0.39, 0.29) is 6.10 Å². The monoisotopic (exact) mass is 270 g/mol. The van der Waals surface area contributed by atoms with Gasteiger partial charge in [0.05, 0.1) is 17.3 Å². The number of ether oxygens (including phenoxy) is 1. The predicted molar refractivity (Wildman–Crippen MR) is 76.3 cm³/mol. The van der Waals surface area contributed by atoms with Gasteiger partial charge in [0.15, 0.2) is 0 Å². The highest BCUT2D eigenvalue weighted by Crippen LogP contribution is 2.17. The van der Waals surface area contributed by atoms with Crippen molar-refractivity contribution in [3.8, 4) is 5.75 Å². The molecule has 0 aliphatic rings. The largest absolute Gasteiger partial charge is 0.489 e. The first kappa shape index (κ1) is 15.3. The topological polar surface area (TPSA) is 34.1 Å². The van der Waals surface area contributed by atoms with Crippen molar-refractivity contribution in [3.63, 3.8) is 0 Å². The zero-order chi connectivity index (χ0) is 13.4. The maximum atomic E-state index is 5.85. The molecule has 0 spiro atoms. The number of nitrogens with one attached hydrogen (secondary N) is 1. The zero-order valence-electron chi connectivity index (χ0n) is 11.4. The summed E-state index contributed by atoms with van der Waals surface area (Å²) in [5, 5.41) is 4.03. The number of hydrogen-bond acceptors (Lipinski definition) is 3. The summed E-state index contributed by atoms with van der Waals surface area (Å²) in [5.74, 6) is 1.45. The first-order valence-electron chi connectivity index (χ1n) is 6.56. The Balaban J connectivity index is 2.16. The Bertz CT molecular complexity index is 344. The average molecular weight is 271 g/mol. The van der Waals surface area contributed by atoms with Crippen LogP contribution in [0.4, 0.5) is 0 Å². The van der Waals surface area contributed by atoms with Crippen LogP contribution in [0.25, 0.3) is 0 Å². The van der Waals surface area contributed by atoms with Crippen LogP contribution in [0.15, 0.2) is 18.5 Å². The van der Waals surface area contributed by atoms with Crippen LogP contribution < -0.4 is 10.1 Å². The molecule has 0 saturated heterocycles. The second kappa shape index (κ2) is 8.33. The van der Waals surface area contributed by atoms with Crippen LogP contribution in [-0.2, 0) is 0 Å². The fraction of sp³-hybridized carbons (Fsp3) is 0.643. The molecule has 0 bridgehead atoms. The highest BCUT2D eigenvalue weighted by atomic mass is 35.5. The molecule has 3 nitrogen and oxygen atoms in total. The highest BCUT2D eigenvalue weighted by Gasteiger charge is 2.04. The molecule has 1 atom stereocenters. The van der Waals surface area contributed by atoms with Gasteiger partial charge in [0, 0.05) is 12.3 Å². The lowest BCUT2D eigenvalue weighted by atomic mass is 10.2. The first-order chi connectivity index (χ1) is 8.58. The van der Waals surface area contributed by atoms with E-state index in [1.54, 1.807) is 18.5 Å². The lowest BCUT2D eigenvalue weighted by Gasteiger charge is -2.15. The molecule has 1 heterocycles. The van der Waals surface area contributed by atoms with Crippen molar-refractivity contribution in [2.75, 3.05) is 13.1 Å². The Morgan fingerprint density at radius 2 is 2.11 bits per heavy atom. The molecule has 0 aliphatic heterocycles. The maximum Gasteiger partial charge on any atom is 0.139 e. The Hall–Kier alpha value is -0.800. The van der Waals surface area contributed by atoms with Gasteiger partial charge in [-0.2, -0.15) is 0 Å². The molecule has 0 fully saturated rings. The number of aromatic nitrogens is 1. The zero-order valence-corrected chi connectivity index (χ0v) is 12.2. The molecule has 0 amide bonds. The Morgan fingerprint density at radius 3 is 2.78 bits per heavy atom. The minimum Gasteiger partial charge on any atom is -0.489 e. The molecule has 4 heteroatoms. The summed E-state index contributed by atoms with van der Waals surface area (Å²) in [6.45, 7) is 8.62. The molecule has 18 heavy (non-hydrogen) atoms. The van der Waals surface area contributed by atoms with E-state index >= 15 is 0 Å². The van der Waals surface area contributed by atoms with E-state index < -0.39 is 0 Å². The fourth-order valence-corrected chi connectivity index (χ4v) is 1.82. The van der Waals surface area contributed by atoms with E-state index in [0.717, 1.165) is 31.7 Å². The molecule has 1 rings (SSSR count). The highest BCUT2D eigenvalue weighted by molar-refractivity contribution is 6.30. The van der Waals surface area contributed by atoms with Crippen LogP contribution >= 0.6 is 11.6 Å². The van der Waals surface area contributed by atoms with Crippen LogP contribution in [0.5, 0.6) is 5.75 Å². The summed E-state index contributed by atoms with van der Waals surface area (Å²) in [6.07, 6.45) is 5.62. The summed E-state index contributed by atoms with van der Waals surface area (Å²) >= 11 is 5.85.